The van der Waals surface area contributed by atoms with Crippen LogP contribution in [0.4, 0.5) is 0 Å². The Morgan fingerprint density at radius 1 is 1.00 bits per heavy atom. The number of nitrogens with zero attached hydrogens (tertiary/aromatic N) is 1. The number of rotatable bonds is 6. The molecule has 0 heterocycles. The van der Waals surface area contributed by atoms with Crippen LogP contribution in [0.3, 0.4) is 0 Å². The van der Waals surface area contributed by atoms with Gasteiger partial charge >= 0.3 is 0 Å². The van der Waals surface area contributed by atoms with Gasteiger partial charge in [0.25, 0.3) is 0 Å². The Morgan fingerprint density at radius 2 is 1.45 bits per heavy atom. The zero-order valence-corrected chi connectivity index (χ0v) is 13.5. The maximum Gasteiger partial charge on any atom is 0.0412 e. The molecule has 0 aromatic heterocycles. The second-order valence-corrected chi connectivity index (χ2v) is 7.24. The van der Waals surface area contributed by atoms with E-state index in [4.69, 9.17) is 5.73 Å². The van der Waals surface area contributed by atoms with Crippen LogP contribution in [0, 0.1) is 11.8 Å². The summed E-state index contributed by atoms with van der Waals surface area (Å²) in [4.78, 5) is 2.67. The minimum absolute atomic E-state index is 0.137. The standard InChI is InChI=1S/C18H30N2/c1-14(2)11-20(12-15(3)4)18(13-19)9-16-7-5-6-8-17(16)10-18/h5-8,14-15H,9-13,19H2,1-4H3. The van der Waals surface area contributed by atoms with E-state index in [0.717, 1.165) is 32.5 Å². The summed E-state index contributed by atoms with van der Waals surface area (Å²) in [6.07, 6.45) is 2.22. The molecule has 0 amide bonds. The molecule has 0 unspecified atom stereocenters. The minimum atomic E-state index is 0.137. The average molecular weight is 274 g/mol. The highest BCUT2D eigenvalue weighted by Crippen LogP contribution is 2.35. The second kappa shape index (κ2) is 6.28. The smallest absolute Gasteiger partial charge is 0.0412 e. The van der Waals surface area contributed by atoms with Gasteiger partial charge in [-0.05, 0) is 35.8 Å². The van der Waals surface area contributed by atoms with Crippen LogP contribution in [0.5, 0.6) is 0 Å². The van der Waals surface area contributed by atoms with Gasteiger partial charge in [0, 0.05) is 25.2 Å². The lowest BCUT2D eigenvalue weighted by atomic mass is 9.91. The predicted octanol–water partition coefficient (Wildman–Crippen LogP) is 3.10. The van der Waals surface area contributed by atoms with Crippen LogP contribution >= 0.6 is 0 Å². The number of hydrogen-bond acceptors (Lipinski definition) is 2. The topological polar surface area (TPSA) is 29.3 Å². The Balaban J connectivity index is 2.25. The van der Waals surface area contributed by atoms with E-state index in [9.17, 15) is 0 Å². The third kappa shape index (κ3) is 3.24. The van der Waals surface area contributed by atoms with Crippen molar-refractivity contribution >= 4 is 0 Å². The molecule has 1 aliphatic carbocycles. The molecule has 112 valence electrons. The van der Waals surface area contributed by atoms with Gasteiger partial charge in [-0.25, -0.2) is 0 Å². The molecule has 0 saturated carbocycles. The molecule has 0 fully saturated rings. The molecule has 0 radical (unpaired) electrons. The van der Waals surface area contributed by atoms with E-state index in [2.05, 4.69) is 56.9 Å². The number of fused-ring (bicyclic) bond motifs is 1. The van der Waals surface area contributed by atoms with Crippen LogP contribution in [0.15, 0.2) is 24.3 Å². The van der Waals surface area contributed by atoms with Crippen molar-refractivity contribution in [3.8, 4) is 0 Å². The van der Waals surface area contributed by atoms with E-state index in [0.29, 0.717) is 11.8 Å². The van der Waals surface area contributed by atoms with Gasteiger partial charge in [-0.1, -0.05) is 52.0 Å². The Kier molecular flexibility index (Phi) is 4.87. The maximum atomic E-state index is 6.26. The maximum absolute atomic E-state index is 6.26. The number of benzene rings is 1. The van der Waals surface area contributed by atoms with E-state index in [1.807, 2.05) is 0 Å². The van der Waals surface area contributed by atoms with Gasteiger partial charge in [0.15, 0.2) is 0 Å². The molecule has 1 aromatic carbocycles. The lowest BCUT2D eigenvalue weighted by molar-refractivity contribution is 0.0752. The third-order valence-corrected chi connectivity index (χ3v) is 4.38. The van der Waals surface area contributed by atoms with Crippen molar-refractivity contribution in [2.24, 2.45) is 17.6 Å². The fourth-order valence-electron chi connectivity index (χ4n) is 3.51. The van der Waals surface area contributed by atoms with E-state index < -0.39 is 0 Å². The van der Waals surface area contributed by atoms with Crippen LogP contribution < -0.4 is 5.73 Å². The van der Waals surface area contributed by atoms with Crippen molar-refractivity contribution in [2.45, 2.75) is 46.1 Å². The van der Waals surface area contributed by atoms with E-state index >= 15 is 0 Å². The highest BCUT2D eigenvalue weighted by molar-refractivity contribution is 5.36. The normalized spacial score (nSPS) is 17.2. The SMILES string of the molecule is CC(C)CN(CC(C)C)C1(CN)Cc2ccccc2C1. The summed E-state index contributed by atoms with van der Waals surface area (Å²) < 4.78 is 0. The monoisotopic (exact) mass is 274 g/mol. The summed E-state index contributed by atoms with van der Waals surface area (Å²) >= 11 is 0. The molecule has 2 N–H and O–H groups in total. The summed E-state index contributed by atoms with van der Waals surface area (Å²) in [5, 5.41) is 0. The molecule has 2 rings (SSSR count). The Labute approximate surface area is 124 Å². The van der Waals surface area contributed by atoms with Crippen LogP contribution in [0.1, 0.15) is 38.8 Å². The summed E-state index contributed by atoms with van der Waals surface area (Å²) in [5.41, 5.74) is 9.39. The van der Waals surface area contributed by atoms with Crippen LogP contribution in [-0.2, 0) is 12.8 Å². The van der Waals surface area contributed by atoms with Gasteiger partial charge in [-0.2, -0.15) is 0 Å². The first-order valence-electron chi connectivity index (χ1n) is 7.99. The van der Waals surface area contributed by atoms with Crippen LogP contribution in [-0.4, -0.2) is 30.1 Å². The Bertz CT molecular complexity index is 402. The molecule has 2 heteroatoms. The van der Waals surface area contributed by atoms with Crippen LogP contribution in [0.2, 0.25) is 0 Å². The van der Waals surface area contributed by atoms with Gasteiger partial charge in [-0.15, -0.1) is 0 Å². The molecule has 2 nitrogen and oxygen atoms in total. The molecule has 1 aromatic rings. The minimum Gasteiger partial charge on any atom is -0.329 e. The molecule has 0 spiro atoms. The first kappa shape index (κ1) is 15.5. The molecule has 0 atom stereocenters. The van der Waals surface area contributed by atoms with Crippen molar-refractivity contribution < 1.29 is 0 Å². The molecule has 0 saturated heterocycles. The van der Waals surface area contributed by atoms with E-state index in [1.165, 1.54) is 11.1 Å². The summed E-state index contributed by atoms with van der Waals surface area (Å²) in [7, 11) is 0. The van der Waals surface area contributed by atoms with Gasteiger partial charge in [0.05, 0.1) is 0 Å². The highest BCUT2D eigenvalue weighted by Gasteiger charge is 2.41. The van der Waals surface area contributed by atoms with Crippen LogP contribution in [0.25, 0.3) is 0 Å². The lowest BCUT2D eigenvalue weighted by Gasteiger charge is -2.42. The van der Waals surface area contributed by atoms with Crippen molar-refractivity contribution in [2.75, 3.05) is 19.6 Å². The molecular formula is C18H30N2. The zero-order valence-electron chi connectivity index (χ0n) is 13.5. The third-order valence-electron chi connectivity index (χ3n) is 4.38. The number of hydrogen-bond donors (Lipinski definition) is 1. The Hall–Kier alpha value is -0.860. The highest BCUT2D eigenvalue weighted by atomic mass is 15.2. The fraction of sp³-hybridized carbons (Fsp3) is 0.667. The second-order valence-electron chi connectivity index (χ2n) is 7.24. The number of nitrogens with two attached hydrogens (primary N) is 1. The fourth-order valence-corrected chi connectivity index (χ4v) is 3.51. The van der Waals surface area contributed by atoms with Crippen molar-refractivity contribution in [3.05, 3.63) is 35.4 Å². The van der Waals surface area contributed by atoms with Gasteiger partial charge < -0.3 is 5.73 Å². The Morgan fingerprint density at radius 3 is 1.80 bits per heavy atom. The molecular weight excluding hydrogens is 244 g/mol. The first-order chi connectivity index (χ1) is 9.47. The molecule has 20 heavy (non-hydrogen) atoms. The van der Waals surface area contributed by atoms with Crippen molar-refractivity contribution in [1.29, 1.82) is 0 Å². The molecule has 1 aliphatic rings. The van der Waals surface area contributed by atoms with Gasteiger partial charge in [0.2, 0.25) is 0 Å². The van der Waals surface area contributed by atoms with E-state index in [-0.39, 0.29) is 5.54 Å². The van der Waals surface area contributed by atoms with Gasteiger partial charge in [-0.3, -0.25) is 4.90 Å². The average Bonchev–Trinajstić information content (AvgIpc) is 2.76. The summed E-state index contributed by atoms with van der Waals surface area (Å²) in [6, 6.07) is 8.85. The summed E-state index contributed by atoms with van der Waals surface area (Å²) in [6.45, 7) is 12.3. The zero-order chi connectivity index (χ0) is 14.8. The largest absolute Gasteiger partial charge is 0.329 e. The van der Waals surface area contributed by atoms with Crippen molar-refractivity contribution in [1.82, 2.24) is 4.90 Å². The van der Waals surface area contributed by atoms with E-state index in [1.54, 1.807) is 0 Å². The molecule has 0 bridgehead atoms. The predicted molar refractivity (Wildman–Crippen MR) is 86.9 cm³/mol. The van der Waals surface area contributed by atoms with Crippen molar-refractivity contribution in [3.63, 3.8) is 0 Å². The van der Waals surface area contributed by atoms with Gasteiger partial charge in [0.1, 0.15) is 0 Å². The lowest BCUT2D eigenvalue weighted by Crippen LogP contribution is -2.56. The molecule has 0 aliphatic heterocycles. The summed E-state index contributed by atoms with van der Waals surface area (Å²) in [5.74, 6) is 1.36. The quantitative estimate of drug-likeness (QED) is 0.863. The first-order valence-corrected chi connectivity index (χ1v) is 7.99.